The van der Waals surface area contributed by atoms with Crippen LogP contribution >= 0.6 is 11.6 Å². The lowest BCUT2D eigenvalue weighted by Gasteiger charge is -2.14. The summed E-state index contributed by atoms with van der Waals surface area (Å²) in [4.78, 5) is 12.3. The molecule has 6 heteroatoms. The molecule has 1 amide bonds. The zero-order valence-corrected chi connectivity index (χ0v) is 14.6. The van der Waals surface area contributed by atoms with E-state index >= 15 is 0 Å². The molecule has 1 heterocycles. The number of carbonyl (C=O) groups excluding carboxylic acids is 1. The lowest BCUT2D eigenvalue weighted by molar-refractivity contribution is -0.122. The maximum atomic E-state index is 12.3. The number of amides is 1. The van der Waals surface area contributed by atoms with Crippen molar-refractivity contribution >= 4 is 23.4 Å². The Morgan fingerprint density at radius 3 is 2.64 bits per heavy atom. The second-order valence-electron chi connectivity index (χ2n) is 5.62. The molecule has 0 saturated heterocycles. The highest BCUT2D eigenvalue weighted by molar-refractivity contribution is 6.32. The molecule has 0 aliphatic carbocycles. The summed E-state index contributed by atoms with van der Waals surface area (Å²) >= 11 is 6.03. The number of anilines is 1. The van der Waals surface area contributed by atoms with Crippen LogP contribution in [-0.4, -0.2) is 17.2 Å². The molecule has 1 atom stereocenters. The number of hydrogen-bond donors (Lipinski definition) is 1. The summed E-state index contributed by atoms with van der Waals surface area (Å²) in [6, 6.07) is 16.5. The number of nitrogens with zero attached hydrogens (tertiary/aromatic N) is 1. The van der Waals surface area contributed by atoms with Crippen LogP contribution in [0.1, 0.15) is 12.5 Å². The first-order valence-corrected chi connectivity index (χ1v) is 8.16. The highest BCUT2D eigenvalue weighted by Gasteiger charge is 2.18. The van der Waals surface area contributed by atoms with Crippen molar-refractivity contribution in [3.63, 3.8) is 0 Å². The number of ether oxygens (including phenoxy) is 1. The van der Waals surface area contributed by atoms with Gasteiger partial charge in [0.05, 0.1) is 5.02 Å². The van der Waals surface area contributed by atoms with Gasteiger partial charge in [-0.2, -0.15) is 0 Å². The first kappa shape index (κ1) is 17.0. The van der Waals surface area contributed by atoms with Crippen molar-refractivity contribution in [3.05, 3.63) is 65.2 Å². The maximum Gasteiger partial charge on any atom is 0.267 e. The first-order chi connectivity index (χ1) is 12.0. The van der Waals surface area contributed by atoms with Gasteiger partial charge in [-0.1, -0.05) is 58.7 Å². The Bertz CT molecular complexity index is 874. The minimum atomic E-state index is -0.743. The number of nitrogens with one attached hydrogen (secondary N) is 1. The van der Waals surface area contributed by atoms with Gasteiger partial charge in [0.15, 0.2) is 6.10 Å². The van der Waals surface area contributed by atoms with E-state index in [1.165, 1.54) is 0 Å². The van der Waals surface area contributed by atoms with Gasteiger partial charge in [-0.25, -0.2) is 0 Å². The standard InChI is InChI=1S/C19H17ClN2O3/c1-12-7-9-14(10-8-12)16-11-18(25-22-16)21-19(23)13(2)24-17-6-4-3-5-15(17)20/h3-11,13H,1-2H3,(H,21,23). The number of carbonyl (C=O) groups is 1. The zero-order valence-electron chi connectivity index (χ0n) is 13.8. The van der Waals surface area contributed by atoms with Crippen LogP contribution in [0.15, 0.2) is 59.1 Å². The molecule has 25 heavy (non-hydrogen) atoms. The van der Waals surface area contributed by atoms with Gasteiger partial charge in [0.1, 0.15) is 11.4 Å². The highest BCUT2D eigenvalue weighted by Crippen LogP contribution is 2.25. The van der Waals surface area contributed by atoms with E-state index in [1.54, 1.807) is 37.3 Å². The molecule has 0 aliphatic rings. The fraction of sp³-hybridized carbons (Fsp3) is 0.158. The SMILES string of the molecule is Cc1ccc(-c2cc(NC(=O)C(C)Oc3ccccc3Cl)on2)cc1. The third-order valence-electron chi connectivity index (χ3n) is 3.61. The average molecular weight is 357 g/mol. The van der Waals surface area contributed by atoms with E-state index < -0.39 is 6.10 Å². The molecule has 0 fully saturated rings. The van der Waals surface area contributed by atoms with Crippen LogP contribution in [0, 0.1) is 6.92 Å². The molecule has 1 N–H and O–H groups in total. The monoisotopic (exact) mass is 356 g/mol. The van der Waals surface area contributed by atoms with Crippen LogP contribution in [0.2, 0.25) is 5.02 Å². The fourth-order valence-corrected chi connectivity index (χ4v) is 2.38. The number of hydrogen-bond acceptors (Lipinski definition) is 4. The van der Waals surface area contributed by atoms with Gasteiger partial charge in [0.25, 0.3) is 5.91 Å². The van der Waals surface area contributed by atoms with Crippen molar-refractivity contribution in [1.82, 2.24) is 5.16 Å². The number of aromatic nitrogens is 1. The Balaban J connectivity index is 1.65. The highest BCUT2D eigenvalue weighted by atomic mass is 35.5. The summed E-state index contributed by atoms with van der Waals surface area (Å²) in [5, 5.41) is 7.07. The molecule has 3 aromatic rings. The predicted molar refractivity (Wildman–Crippen MR) is 96.8 cm³/mol. The predicted octanol–water partition coefficient (Wildman–Crippen LogP) is 4.71. The Kier molecular flexibility index (Phi) is 5.05. The molecule has 0 saturated carbocycles. The summed E-state index contributed by atoms with van der Waals surface area (Å²) in [7, 11) is 0. The van der Waals surface area contributed by atoms with Crippen LogP contribution < -0.4 is 10.1 Å². The molecule has 5 nitrogen and oxygen atoms in total. The number of para-hydroxylation sites is 1. The summed E-state index contributed by atoms with van der Waals surface area (Å²) in [5.41, 5.74) is 2.72. The molecule has 0 aliphatic heterocycles. The van der Waals surface area contributed by atoms with E-state index in [-0.39, 0.29) is 11.8 Å². The smallest absolute Gasteiger partial charge is 0.267 e. The van der Waals surface area contributed by atoms with Crippen molar-refractivity contribution in [1.29, 1.82) is 0 Å². The van der Waals surface area contributed by atoms with E-state index in [1.807, 2.05) is 31.2 Å². The van der Waals surface area contributed by atoms with Crippen LogP contribution in [-0.2, 0) is 4.79 Å². The number of rotatable bonds is 5. The van der Waals surface area contributed by atoms with Gasteiger partial charge in [-0.15, -0.1) is 0 Å². The van der Waals surface area contributed by atoms with Crippen molar-refractivity contribution in [3.8, 4) is 17.0 Å². The number of aryl methyl sites for hydroxylation is 1. The summed E-state index contributed by atoms with van der Waals surface area (Å²) in [5.74, 6) is 0.353. The minimum absolute atomic E-state index is 0.259. The van der Waals surface area contributed by atoms with Crippen molar-refractivity contribution in [2.75, 3.05) is 5.32 Å². The molecule has 3 rings (SSSR count). The Morgan fingerprint density at radius 1 is 1.20 bits per heavy atom. The van der Waals surface area contributed by atoms with E-state index in [0.29, 0.717) is 16.5 Å². The van der Waals surface area contributed by atoms with Crippen molar-refractivity contribution in [2.24, 2.45) is 0 Å². The Labute approximate surface area is 150 Å². The van der Waals surface area contributed by atoms with E-state index in [4.69, 9.17) is 20.9 Å². The summed E-state index contributed by atoms with van der Waals surface area (Å²) in [6.45, 7) is 3.65. The molecule has 0 spiro atoms. The van der Waals surface area contributed by atoms with Crippen molar-refractivity contribution in [2.45, 2.75) is 20.0 Å². The fourth-order valence-electron chi connectivity index (χ4n) is 2.20. The molecule has 1 aromatic heterocycles. The van der Waals surface area contributed by atoms with Crippen LogP contribution in [0.3, 0.4) is 0 Å². The lowest BCUT2D eigenvalue weighted by atomic mass is 10.1. The molecular formula is C19H17ClN2O3. The molecular weight excluding hydrogens is 340 g/mol. The normalized spacial score (nSPS) is 11.8. The number of benzene rings is 2. The summed E-state index contributed by atoms with van der Waals surface area (Å²) in [6.07, 6.45) is -0.743. The van der Waals surface area contributed by atoms with Crippen LogP contribution in [0.5, 0.6) is 5.75 Å². The topological polar surface area (TPSA) is 64.4 Å². The van der Waals surface area contributed by atoms with Gasteiger partial charge in [0.2, 0.25) is 5.88 Å². The quantitative estimate of drug-likeness (QED) is 0.719. The van der Waals surface area contributed by atoms with Gasteiger partial charge < -0.3 is 9.26 Å². The van der Waals surface area contributed by atoms with Gasteiger partial charge in [-0.3, -0.25) is 10.1 Å². The largest absolute Gasteiger partial charge is 0.479 e. The van der Waals surface area contributed by atoms with Crippen LogP contribution in [0.4, 0.5) is 5.88 Å². The Hall–Kier alpha value is -2.79. The first-order valence-electron chi connectivity index (χ1n) is 7.79. The van der Waals surface area contributed by atoms with E-state index in [0.717, 1.165) is 11.1 Å². The zero-order chi connectivity index (χ0) is 17.8. The molecule has 2 aromatic carbocycles. The van der Waals surface area contributed by atoms with Gasteiger partial charge in [0, 0.05) is 11.6 Å². The average Bonchev–Trinajstić information content (AvgIpc) is 3.06. The third kappa shape index (κ3) is 4.19. The third-order valence-corrected chi connectivity index (χ3v) is 3.93. The second kappa shape index (κ2) is 7.40. The van der Waals surface area contributed by atoms with E-state index in [2.05, 4.69) is 10.5 Å². The van der Waals surface area contributed by atoms with Crippen molar-refractivity contribution < 1.29 is 14.1 Å². The maximum absolute atomic E-state index is 12.3. The second-order valence-corrected chi connectivity index (χ2v) is 6.03. The summed E-state index contributed by atoms with van der Waals surface area (Å²) < 4.78 is 10.8. The van der Waals surface area contributed by atoms with Gasteiger partial charge in [-0.05, 0) is 26.0 Å². The molecule has 1 unspecified atom stereocenters. The minimum Gasteiger partial charge on any atom is -0.479 e. The molecule has 0 bridgehead atoms. The molecule has 0 radical (unpaired) electrons. The van der Waals surface area contributed by atoms with Crippen LogP contribution in [0.25, 0.3) is 11.3 Å². The van der Waals surface area contributed by atoms with E-state index in [9.17, 15) is 4.79 Å². The van der Waals surface area contributed by atoms with Gasteiger partial charge >= 0.3 is 0 Å². The Morgan fingerprint density at radius 2 is 1.92 bits per heavy atom. The lowest BCUT2D eigenvalue weighted by Crippen LogP contribution is -2.30. The number of halogens is 1. The molecule has 128 valence electrons.